The number of benzene rings is 3. The summed E-state index contributed by atoms with van der Waals surface area (Å²) in [6.45, 7) is 5.98. The highest BCUT2D eigenvalue weighted by Crippen LogP contribution is 2.29. The molecule has 0 saturated carbocycles. The Morgan fingerprint density at radius 1 is 1.05 bits per heavy atom. The number of hydrogen-bond donors (Lipinski definition) is 3. The second kappa shape index (κ2) is 11.5. The van der Waals surface area contributed by atoms with E-state index in [1.165, 1.54) is 0 Å². The number of aromatic nitrogens is 1. The number of aliphatic carboxylic acids is 1. The highest BCUT2D eigenvalue weighted by atomic mass is 35.5. The van der Waals surface area contributed by atoms with E-state index in [1.54, 1.807) is 0 Å². The maximum atomic E-state index is 13.3. The molecule has 3 aromatic carbocycles. The number of amides is 1. The highest BCUT2D eigenvalue weighted by Gasteiger charge is 2.20. The normalized spacial score (nSPS) is 11.9. The fraction of sp³-hybridized carbons (Fsp3) is 0.267. The van der Waals surface area contributed by atoms with Crippen LogP contribution in [-0.2, 0) is 17.6 Å². The van der Waals surface area contributed by atoms with E-state index >= 15 is 0 Å². The van der Waals surface area contributed by atoms with E-state index in [0.717, 1.165) is 46.0 Å². The van der Waals surface area contributed by atoms with Gasteiger partial charge in [0.1, 0.15) is 17.2 Å². The molecule has 1 aromatic heterocycles. The predicted octanol–water partition coefficient (Wildman–Crippen LogP) is 7.38. The minimum Gasteiger partial charge on any atom is -0.481 e. The van der Waals surface area contributed by atoms with Gasteiger partial charge in [-0.05, 0) is 91.4 Å². The molecule has 37 heavy (non-hydrogen) atoms. The number of carbonyl (C=O) groups excluding carboxylic acids is 1. The Bertz CT molecular complexity index is 1440. The molecule has 7 heteroatoms. The Hall–Kier alpha value is -3.77. The summed E-state index contributed by atoms with van der Waals surface area (Å²) in [5, 5.41) is 13.7. The zero-order valence-electron chi connectivity index (χ0n) is 21.2. The number of carbonyl (C=O) groups is 2. The second-order valence-corrected chi connectivity index (χ2v) is 9.71. The van der Waals surface area contributed by atoms with Crippen LogP contribution >= 0.6 is 11.6 Å². The first kappa shape index (κ1) is 26.3. The number of H-pyrrole nitrogens is 1. The number of aryl methyl sites for hydroxylation is 3. The van der Waals surface area contributed by atoms with E-state index in [4.69, 9.17) is 21.4 Å². The van der Waals surface area contributed by atoms with Gasteiger partial charge in [0, 0.05) is 22.3 Å². The van der Waals surface area contributed by atoms with Gasteiger partial charge < -0.3 is 20.1 Å². The van der Waals surface area contributed by atoms with Crippen molar-refractivity contribution >= 4 is 34.4 Å². The highest BCUT2D eigenvalue weighted by molar-refractivity contribution is 6.31. The van der Waals surface area contributed by atoms with Gasteiger partial charge in [-0.3, -0.25) is 9.59 Å². The molecular weight excluding hydrogens is 488 g/mol. The van der Waals surface area contributed by atoms with Crippen LogP contribution in [0.5, 0.6) is 11.5 Å². The molecule has 4 aromatic rings. The summed E-state index contributed by atoms with van der Waals surface area (Å²) in [6.07, 6.45) is 2.26. The molecule has 4 rings (SSSR count). The molecule has 1 heterocycles. The molecule has 0 spiro atoms. The van der Waals surface area contributed by atoms with E-state index in [-0.39, 0.29) is 18.4 Å². The van der Waals surface area contributed by atoms with E-state index in [0.29, 0.717) is 28.6 Å². The lowest BCUT2D eigenvalue weighted by atomic mass is 10.0. The number of rotatable bonds is 10. The lowest BCUT2D eigenvalue weighted by Crippen LogP contribution is -2.27. The van der Waals surface area contributed by atoms with E-state index in [1.807, 2.05) is 74.5 Å². The molecule has 0 aliphatic heterocycles. The number of nitrogens with one attached hydrogen (secondary N) is 2. The van der Waals surface area contributed by atoms with Crippen molar-refractivity contribution in [3.05, 3.63) is 93.6 Å². The van der Waals surface area contributed by atoms with E-state index in [9.17, 15) is 9.59 Å². The lowest BCUT2D eigenvalue weighted by molar-refractivity contribution is -0.136. The summed E-state index contributed by atoms with van der Waals surface area (Å²) in [6, 6.07) is 18.7. The first-order chi connectivity index (χ1) is 17.7. The summed E-state index contributed by atoms with van der Waals surface area (Å²) < 4.78 is 6.07. The number of carboxylic acids is 1. The van der Waals surface area contributed by atoms with Crippen LogP contribution in [0.15, 0.2) is 60.7 Å². The third-order valence-electron chi connectivity index (χ3n) is 6.46. The van der Waals surface area contributed by atoms with Crippen LogP contribution in [0, 0.1) is 6.92 Å². The molecule has 0 saturated heterocycles. The average molecular weight is 519 g/mol. The van der Waals surface area contributed by atoms with Crippen LogP contribution < -0.4 is 10.1 Å². The van der Waals surface area contributed by atoms with Crippen molar-refractivity contribution in [3.63, 3.8) is 0 Å². The van der Waals surface area contributed by atoms with Crippen molar-refractivity contribution in [2.24, 2.45) is 0 Å². The topological polar surface area (TPSA) is 91.4 Å². The van der Waals surface area contributed by atoms with Crippen molar-refractivity contribution in [3.8, 4) is 11.5 Å². The number of hydrogen-bond acceptors (Lipinski definition) is 3. The largest absolute Gasteiger partial charge is 0.481 e. The van der Waals surface area contributed by atoms with Crippen molar-refractivity contribution in [1.82, 2.24) is 10.3 Å². The van der Waals surface area contributed by atoms with Crippen LogP contribution in [0.3, 0.4) is 0 Å². The zero-order chi connectivity index (χ0) is 26.5. The summed E-state index contributed by atoms with van der Waals surface area (Å²) in [5.41, 5.74) is 5.32. The Balaban J connectivity index is 1.48. The minimum absolute atomic E-state index is 0.0961. The number of aromatic amines is 1. The maximum Gasteiger partial charge on any atom is 0.303 e. The molecule has 0 unspecified atom stereocenters. The molecule has 6 nitrogen and oxygen atoms in total. The van der Waals surface area contributed by atoms with Gasteiger partial charge in [0.25, 0.3) is 5.91 Å². The van der Waals surface area contributed by atoms with Gasteiger partial charge in [0.05, 0.1) is 6.04 Å². The molecule has 0 radical (unpaired) electrons. The molecule has 3 N–H and O–H groups in total. The molecule has 192 valence electrons. The number of carboxylic acid groups (broad SMARTS) is 1. The predicted molar refractivity (Wildman–Crippen MR) is 147 cm³/mol. The average Bonchev–Trinajstić information content (AvgIpc) is 3.21. The Labute approximate surface area is 221 Å². The maximum absolute atomic E-state index is 13.3. The van der Waals surface area contributed by atoms with Gasteiger partial charge >= 0.3 is 5.97 Å². The van der Waals surface area contributed by atoms with Crippen LogP contribution in [0.1, 0.15) is 65.5 Å². The second-order valence-electron chi connectivity index (χ2n) is 9.27. The van der Waals surface area contributed by atoms with Crippen LogP contribution in [0.25, 0.3) is 10.9 Å². The first-order valence-electron chi connectivity index (χ1n) is 12.4. The van der Waals surface area contributed by atoms with E-state index in [2.05, 4.69) is 17.2 Å². The summed E-state index contributed by atoms with van der Waals surface area (Å²) in [7, 11) is 0. The third-order valence-corrected chi connectivity index (χ3v) is 6.69. The number of ether oxygens (including phenoxy) is 1. The third kappa shape index (κ3) is 6.33. The number of fused-ring (bicyclic) bond motifs is 1. The minimum atomic E-state index is -0.812. The van der Waals surface area contributed by atoms with Gasteiger partial charge in [-0.1, -0.05) is 43.1 Å². The first-order valence-corrected chi connectivity index (χ1v) is 12.8. The summed E-state index contributed by atoms with van der Waals surface area (Å²) in [4.78, 5) is 27.4. The monoisotopic (exact) mass is 518 g/mol. The van der Waals surface area contributed by atoms with Crippen molar-refractivity contribution in [1.29, 1.82) is 0 Å². The lowest BCUT2D eigenvalue weighted by Gasteiger charge is -2.16. The van der Waals surface area contributed by atoms with Crippen molar-refractivity contribution < 1.29 is 19.4 Å². The smallest absolute Gasteiger partial charge is 0.303 e. The Morgan fingerprint density at radius 2 is 1.84 bits per heavy atom. The molecule has 1 amide bonds. The zero-order valence-corrected chi connectivity index (χ0v) is 22.0. The summed E-state index contributed by atoms with van der Waals surface area (Å²) >= 11 is 6.21. The molecule has 0 aliphatic rings. The molecule has 0 aliphatic carbocycles. The number of halogens is 1. The molecular formula is C30H31ClN2O4. The Kier molecular flexibility index (Phi) is 8.19. The fourth-order valence-corrected chi connectivity index (χ4v) is 4.69. The molecule has 0 fully saturated rings. The van der Waals surface area contributed by atoms with Crippen LogP contribution in [-0.4, -0.2) is 22.0 Å². The van der Waals surface area contributed by atoms with Gasteiger partial charge in [-0.25, -0.2) is 0 Å². The van der Waals surface area contributed by atoms with Crippen molar-refractivity contribution in [2.75, 3.05) is 0 Å². The fourth-order valence-electron chi connectivity index (χ4n) is 4.51. The van der Waals surface area contributed by atoms with Crippen LogP contribution in [0.4, 0.5) is 0 Å². The van der Waals surface area contributed by atoms with Gasteiger partial charge in [0.15, 0.2) is 0 Å². The standard InChI is InChI=1S/C30H31ClN2O4/c1-4-6-25-26-17-22(31)11-13-27(26)33-29(25)30(36)32-19(3)21-7-5-8-23(16-21)37-24-12-9-20(18(2)15-24)10-14-28(34)35/h5,7-9,11-13,15-17,19,33H,4,6,10,14H2,1-3H3,(H,32,36)(H,34,35)/t19-/m1/s1. The van der Waals surface area contributed by atoms with Crippen molar-refractivity contribution in [2.45, 2.75) is 52.5 Å². The molecule has 0 bridgehead atoms. The Morgan fingerprint density at radius 3 is 2.57 bits per heavy atom. The van der Waals surface area contributed by atoms with Gasteiger partial charge in [-0.15, -0.1) is 0 Å². The van der Waals surface area contributed by atoms with E-state index < -0.39 is 5.97 Å². The van der Waals surface area contributed by atoms with Gasteiger partial charge in [0.2, 0.25) is 0 Å². The summed E-state index contributed by atoms with van der Waals surface area (Å²) in [5.74, 6) is 0.352. The van der Waals surface area contributed by atoms with Crippen LogP contribution in [0.2, 0.25) is 5.02 Å². The molecule has 1 atom stereocenters. The quantitative estimate of drug-likeness (QED) is 0.204. The SMILES string of the molecule is CCCc1c(C(=O)N[C@H](C)c2cccc(Oc3ccc(CCC(=O)O)c(C)c3)c2)[nH]c2ccc(Cl)cc12. The van der Waals surface area contributed by atoms with Gasteiger partial charge in [-0.2, -0.15) is 0 Å².